The molecule has 11 heavy (non-hydrogen) atoms. The van der Waals surface area contributed by atoms with Crippen molar-refractivity contribution in [1.29, 1.82) is 0 Å². The van der Waals surface area contributed by atoms with E-state index in [-0.39, 0.29) is 16.4 Å². The van der Waals surface area contributed by atoms with Gasteiger partial charge in [-0.15, -0.1) is 0 Å². The zero-order valence-electron chi connectivity index (χ0n) is 5.39. The molecule has 0 aliphatic heterocycles. The van der Waals surface area contributed by atoms with Gasteiger partial charge in [0.2, 0.25) is 0 Å². The van der Waals surface area contributed by atoms with E-state index in [1.165, 1.54) is 6.20 Å². The van der Waals surface area contributed by atoms with E-state index in [0.29, 0.717) is 0 Å². The zero-order chi connectivity index (χ0) is 8.43. The Labute approximate surface area is 67.0 Å². The van der Waals surface area contributed by atoms with Crippen molar-refractivity contribution < 1.29 is 8.78 Å². The predicted molar refractivity (Wildman–Crippen MR) is 38.6 cm³/mol. The molecule has 5 heteroatoms. The van der Waals surface area contributed by atoms with Crippen molar-refractivity contribution in [2.24, 2.45) is 0 Å². The molecule has 1 heterocycles. The highest BCUT2D eigenvalue weighted by atomic mass is 35.5. The Balaban J connectivity index is 3.13. The first kappa shape index (κ1) is 8.20. The maximum atomic E-state index is 12.0. The maximum absolute atomic E-state index is 12.0. The lowest BCUT2D eigenvalue weighted by atomic mass is 10.3. The monoisotopic (exact) mass is 178 g/mol. The topological polar surface area (TPSA) is 38.9 Å². The van der Waals surface area contributed by atoms with E-state index in [9.17, 15) is 8.78 Å². The highest BCUT2D eigenvalue weighted by Crippen LogP contribution is 2.26. The fourth-order valence-corrected chi connectivity index (χ4v) is 0.821. The minimum absolute atomic E-state index is 0.185. The van der Waals surface area contributed by atoms with Crippen molar-refractivity contribution in [1.82, 2.24) is 4.98 Å². The first-order valence-electron chi connectivity index (χ1n) is 2.80. The average molecular weight is 179 g/mol. The van der Waals surface area contributed by atoms with Crippen LogP contribution in [0.25, 0.3) is 0 Å². The molecule has 2 N–H and O–H groups in total. The molecule has 0 unspecified atom stereocenters. The van der Waals surface area contributed by atoms with E-state index in [4.69, 9.17) is 17.3 Å². The molecule has 0 aromatic carbocycles. The number of nitrogens with zero attached hydrogens (tertiary/aromatic N) is 1. The number of nitrogens with two attached hydrogens (primary N) is 1. The molecule has 0 atom stereocenters. The standard InChI is InChI=1S/C6H5ClF2N2/c7-5-4(6(8)9)1-3(10)2-11-5/h1-2,6H,10H2. The van der Waals surface area contributed by atoms with Crippen LogP contribution in [0.15, 0.2) is 12.3 Å². The molecular weight excluding hydrogens is 174 g/mol. The van der Waals surface area contributed by atoms with Crippen LogP contribution in [-0.4, -0.2) is 4.98 Å². The van der Waals surface area contributed by atoms with Crippen LogP contribution in [0.2, 0.25) is 5.15 Å². The summed E-state index contributed by atoms with van der Waals surface area (Å²) in [6, 6.07) is 1.11. The van der Waals surface area contributed by atoms with Gasteiger partial charge in [0.15, 0.2) is 0 Å². The smallest absolute Gasteiger partial charge is 0.266 e. The normalized spacial score (nSPS) is 10.5. The molecule has 1 aromatic rings. The van der Waals surface area contributed by atoms with Gasteiger partial charge < -0.3 is 5.73 Å². The van der Waals surface area contributed by atoms with Gasteiger partial charge in [-0.3, -0.25) is 0 Å². The third-order valence-corrected chi connectivity index (χ3v) is 1.44. The summed E-state index contributed by atoms with van der Waals surface area (Å²) in [4.78, 5) is 3.46. The lowest BCUT2D eigenvalue weighted by Gasteiger charge is -2.01. The number of halogens is 3. The lowest BCUT2D eigenvalue weighted by molar-refractivity contribution is 0.151. The Bertz CT molecular complexity index is 265. The quantitative estimate of drug-likeness (QED) is 0.670. The molecule has 0 bridgehead atoms. The molecule has 1 aromatic heterocycles. The molecule has 0 saturated carbocycles. The molecule has 0 saturated heterocycles. The van der Waals surface area contributed by atoms with Crippen LogP contribution in [0.4, 0.5) is 14.5 Å². The van der Waals surface area contributed by atoms with E-state index in [2.05, 4.69) is 4.98 Å². The Morgan fingerprint density at radius 3 is 2.64 bits per heavy atom. The number of hydrogen-bond acceptors (Lipinski definition) is 2. The molecule has 0 spiro atoms. The fourth-order valence-electron chi connectivity index (χ4n) is 0.635. The number of alkyl halides is 2. The van der Waals surface area contributed by atoms with Crippen LogP contribution < -0.4 is 5.73 Å². The van der Waals surface area contributed by atoms with Gasteiger partial charge in [0.1, 0.15) is 5.15 Å². The van der Waals surface area contributed by atoms with Gasteiger partial charge in [0.25, 0.3) is 6.43 Å². The SMILES string of the molecule is Nc1cnc(Cl)c(C(F)F)c1. The van der Waals surface area contributed by atoms with Crippen molar-refractivity contribution in [3.05, 3.63) is 23.0 Å². The van der Waals surface area contributed by atoms with E-state index in [1.54, 1.807) is 0 Å². The third-order valence-electron chi connectivity index (χ3n) is 1.12. The minimum Gasteiger partial charge on any atom is -0.397 e. The summed E-state index contributed by atoms with van der Waals surface area (Å²) in [5.41, 5.74) is 5.07. The van der Waals surface area contributed by atoms with Crippen LogP contribution in [0, 0.1) is 0 Å². The summed E-state index contributed by atoms with van der Waals surface area (Å²) in [6.07, 6.45) is -1.40. The number of pyridine rings is 1. The molecule has 0 fully saturated rings. The van der Waals surface area contributed by atoms with Crippen molar-refractivity contribution in [2.45, 2.75) is 6.43 Å². The van der Waals surface area contributed by atoms with E-state index in [0.717, 1.165) is 6.07 Å². The summed E-state index contributed by atoms with van der Waals surface area (Å²) in [6.45, 7) is 0. The summed E-state index contributed by atoms with van der Waals surface area (Å²) >= 11 is 5.34. The maximum Gasteiger partial charge on any atom is 0.266 e. The second-order valence-electron chi connectivity index (χ2n) is 1.95. The van der Waals surface area contributed by atoms with Crippen molar-refractivity contribution in [3.8, 4) is 0 Å². The molecule has 0 amide bonds. The molecular formula is C6H5ClF2N2. The largest absolute Gasteiger partial charge is 0.397 e. The van der Waals surface area contributed by atoms with Gasteiger partial charge in [0.05, 0.1) is 17.4 Å². The van der Waals surface area contributed by atoms with Crippen molar-refractivity contribution in [2.75, 3.05) is 5.73 Å². The molecule has 60 valence electrons. The van der Waals surface area contributed by atoms with Gasteiger partial charge in [0, 0.05) is 0 Å². The predicted octanol–water partition coefficient (Wildman–Crippen LogP) is 2.25. The number of nitrogen functional groups attached to an aromatic ring is 1. The highest BCUT2D eigenvalue weighted by molar-refractivity contribution is 6.30. The molecule has 2 nitrogen and oxygen atoms in total. The number of hydrogen-bond donors (Lipinski definition) is 1. The van der Waals surface area contributed by atoms with Gasteiger partial charge in [-0.05, 0) is 6.07 Å². The van der Waals surface area contributed by atoms with Crippen molar-refractivity contribution in [3.63, 3.8) is 0 Å². The first-order chi connectivity index (χ1) is 5.11. The molecule has 0 radical (unpaired) electrons. The summed E-state index contributed by atoms with van der Waals surface area (Å²) < 4.78 is 24.1. The number of aromatic nitrogens is 1. The first-order valence-corrected chi connectivity index (χ1v) is 3.18. The second kappa shape index (κ2) is 3.00. The number of anilines is 1. The van der Waals surface area contributed by atoms with Crippen LogP contribution >= 0.6 is 11.6 Å². The Morgan fingerprint density at radius 2 is 2.18 bits per heavy atom. The number of rotatable bonds is 1. The fraction of sp³-hybridized carbons (Fsp3) is 0.167. The van der Waals surface area contributed by atoms with Crippen LogP contribution in [-0.2, 0) is 0 Å². The van der Waals surface area contributed by atoms with Crippen LogP contribution in [0.3, 0.4) is 0 Å². The second-order valence-corrected chi connectivity index (χ2v) is 2.31. The van der Waals surface area contributed by atoms with E-state index in [1.807, 2.05) is 0 Å². The Hall–Kier alpha value is -0.900. The Morgan fingerprint density at radius 1 is 1.55 bits per heavy atom. The van der Waals surface area contributed by atoms with Gasteiger partial charge in [-0.1, -0.05) is 11.6 Å². The summed E-state index contributed by atoms with van der Waals surface area (Å²) in [7, 11) is 0. The zero-order valence-corrected chi connectivity index (χ0v) is 6.15. The summed E-state index contributed by atoms with van der Waals surface area (Å²) in [5, 5.41) is -0.200. The van der Waals surface area contributed by atoms with Gasteiger partial charge in [-0.2, -0.15) is 0 Å². The van der Waals surface area contributed by atoms with E-state index >= 15 is 0 Å². The molecule has 0 aliphatic rings. The van der Waals surface area contributed by atoms with E-state index < -0.39 is 6.43 Å². The lowest BCUT2D eigenvalue weighted by Crippen LogP contribution is -1.93. The van der Waals surface area contributed by atoms with Gasteiger partial charge >= 0.3 is 0 Å². The van der Waals surface area contributed by atoms with Gasteiger partial charge in [-0.25, -0.2) is 13.8 Å². The van der Waals surface area contributed by atoms with Crippen LogP contribution in [0.5, 0.6) is 0 Å². The molecule has 0 aliphatic carbocycles. The molecule has 1 rings (SSSR count). The third kappa shape index (κ3) is 1.77. The average Bonchev–Trinajstić information content (AvgIpc) is 1.94. The minimum atomic E-state index is -2.63. The Kier molecular flexibility index (Phi) is 2.24. The summed E-state index contributed by atoms with van der Waals surface area (Å²) in [5.74, 6) is 0. The van der Waals surface area contributed by atoms with Crippen LogP contribution in [0.1, 0.15) is 12.0 Å². The van der Waals surface area contributed by atoms with Crippen molar-refractivity contribution >= 4 is 17.3 Å². The highest BCUT2D eigenvalue weighted by Gasteiger charge is 2.12.